The van der Waals surface area contributed by atoms with Gasteiger partial charge in [-0.3, -0.25) is 34.2 Å². The number of carbonyl (C=O) groups is 5. The Bertz CT molecular complexity index is 1860. The Balaban J connectivity index is 0.866. The molecule has 3 aliphatic heterocycles. The maximum Gasteiger partial charge on any atom is 0.269 e. The number of nitrogens with zero attached hydrogens (tertiary/aromatic N) is 5. The van der Waals surface area contributed by atoms with Crippen molar-refractivity contribution in [2.24, 2.45) is 4.99 Å². The molecular weight excluding hydrogens is 739 g/mol. The van der Waals surface area contributed by atoms with Gasteiger partial charge < -0.3 is 35.4 Å². The minimum atomic E-state index is -0.418. The maximum atomic E-state index is 13.1. The molecule has 2 atom stereocenters. The first-order valence-electron chi connectivity index (χ1n) is 20.5. The summed E-state index contributed by atoms with van der Waals surface area (Å²) in [6.45, 7) is 6.20. The number of aliphatic imine (C=N–C) groups is 1. The van der Waals surface area contributed by atoms with E-state index in [1.54, 1.807) is 55.4 Å². The zero-order valence-corrected chi connectivity index (χ0v) is 33.9. The first kappa shape index (κ1) is 41.9. The highest BCUT2D eigenvalue weighted by molar-refractivity contribution is 5.98. The summed E-state index contributed by atoms with van der Waals surface area (Å²) in [6, 6.07) is 14.7. The number of guanidine groups is 1. The molecule has 1 saturated carbocycles. The van der Waals surface area contributed by atoms with Gasteiger partial charge in [0.2, 0.25) is 18.3 Å². The summed E-state index contributed by atoms with van der Waals surface area (Å²) < 4.78 is 5.75. The van der Waals surface area contributed by atoms with Gasteiger partial charge in [-0.15, -0.1) is 0 Å². The molecule has 0 radical (unpaired) electrons. The van der Waals surface area contributed by atoms with Crippen LogP contribution in [-0.4, -0.2) is 128 Å². The zero-order valence-electron chi connectivity index (χ0n) is 33.9. The average Bonchev–Trinajstić information content (AvgIpc) is 3.90. The van der Waals surface area contributed by atoms with Gasteiger partial charge in [0.25, 0.3) is 17.7 Å². The predicted molar refractivity (Wildman–Crippen MR) is 222 cm³/mol. The Morgan fingerprint density at radius 3 is 2.38 bits per heavy atom. The van der Waals surface area contributed by atoms with Crippen molar-refractivity contribution in [3.05, 3.63) is 83.2 Å². The molecule has 0 aromatic heterocycles. The lowest BCUT2D eigenvalue weighted by atomic mass is 9.93. The summed E-state index contributed by atoms with van der Waals surface area (Å²) >= 11 is 0. The number of ether oxygens (including phenoxy) is 1. The van der Waals surface area contributed by atoms with Crippen LogP contribution in [0.4, 0.5) is 5.69 Å². The molecule has 0 bridgehead atoms. The molecular formula is C43H57N9O6. The van der Waals surface area contributed by atoms with Gasteiger partial charge in [-0.05, 0) is 86.7 Å². The third-order valence-corrected chi connectivity index (χ3v) is 11.2. The van der Waals surface area contributed by atoms with Gasteiger partial charge in [0.05, 0.1) is 5.92 Å². The molecule has 2 fully saturated rings. The number of rotatable bonds is 17. The number of nitrogens with one attached hydrogen (secondary N) is 4. The topological polar surface area (TPSA) is 168 Å². The van der Waals surface area contributed by atoms with E-state index in [4.69, 9.17) is 9.73 Å². The number of unbranched alkanes of at least 4 members (excludes halogenated alkanes) is 1. The third-order valence-electron chi connectivity index (χ3n) is 11.2. The largest absolute Gasteiger partial charge is 0.484 e. The highest BCUT2D eigenvalue weighted by Crippen LogP contribution is 2.37. The van der Waals surface area contributed by atoms with Crippen molar-refractivity contribution in [1.82, 2.24) is 35.6 Å². The number of benzene rings is 2. The summed E-state index contributed by atoms with van der Waals surface area (Å²) in [5.41, 5.74) is 3.82. The van der Waals surface area contributed by atoms with Gasteiger partial charge in [0.15, 0.2) is 12.8 Å². The van der Waals surface area contributed by atoms with E-state index in [1.165, 1.54) is 0 Å². The average molecular weight is 796 g/mol. The monoisotopic (exact) mass is 795 g/mol. The van der Waals surface area contributed by atoms with E-state index in [0.29, 0.717) is 55.4 Å². The van der Waals surface area contributed by atoms with Crippen LogP contribution in [0.25, 0.3) is 0 Å². The number of amides is 5. The van der Waals surface area contributed by atoms with Crippen molar-refractivity contribution in [2.75, 3.05) is 65.3 Å². The van der Waals surface area contributed by atoms with Gasteiger partial charge in [0.1, 0.15) is 11.4 Å². The van der Waals surface area contributed by atoms with E-state index < -0.39 is 5.92 Å². The molecule has 2 aromatic rings. The van der Waals surface area contributed by atoms with Crippen LogP contribution in [0.2, 0.25) is 0 Å². The van der Waals surface area contributed by atoms with Gasteiger partial charge in [-0.2, -0.15) is 0 Å². The molecule has 310 valence electrons. The second-order valence-corrected chi connectivity index (χ2v) is 15.4. The molecule has 4 N–H and O–H groups in total. The van der Waals surface area contributed by atoms with Gasteiger partial charge in [0, 0.05) is 75.9 Å². The predicted octanol–water partition coefficient (Wildman–Crippen LogP) is 3.39. The van der Waals surface area contributed by atoms with Crippen LogP contribution in [0.5, 0.6) is 5.75 Å². The minimum Gasteiger partial charge on any atom is -0.484 e. The number of imide groups is 1. The molecule has 58 heavy (non-hydrogen) atoms. The standard InChI is InChI=1S/C43H57N9O6/c1-4-9-36(41(56)46-29-53)30-14-18-35(19-15-30)58-28-38(54)51-24-22-50(23-25-51)21-8-7-20-44-40(55)31-12-16-33(17-13-31)47-43-45-27-32-26-37(42(57)49(2)3)52(39(32)48-43)34-10-5-6-11-34/h12-19,26-27,29,34,36,39H,4-11,20-25,28H2,1-3H3,(H,44,55)(H2,45,47,48)(H,46,53,56). The molecule has 3 heterocycles. The normalized spacial score (nSPS) is 18.5. The van der Waals surface area contributed by atoms with Crippen molar-refractivity contribution in [3.8, 4) is 5.75 Å². The van der Waals surface area contributed by atoms with E-state index in [-0.39, 0.29) is 42.4 Å². The molecule has 1 saturated heterocycles. The molecule has 1 aliphatic carbocycles. The number of anilines is 1. The van der Waals surface area contributed by atoms with Crippen molar-refractivity contribution >= 4 is 41.7 Å². The van der Waals surface area contributed by atoms with Gasteiger partial charge in [-0.1, -0.05) is 38.3 Å². The number of hydrogen-bond donors (Lipinski definition) is 4. The molecule has 5 amide bonds. The highest BCUT2D eigenvalue weighted by Gasteiger charge is 2.40. The fourth-order valence-corrected chi connectivity index (χ4v) is 7.97. The van der Waals surface area contributed by atoms with E-state index in [0.717, 1.165) is 81.4 Å². The minimum absolute atomic E-state index is 0.0154. The molecule has 6 rings (SSSR count). The van der Waals surface area contributed by atoms with E-state index >= 15 is 0 Å². The second-order valence-electron chi connectivity index (χ2n) is 15.4. The summed E-state index contributed by atoms with van der Waals surface area (Å²) in [5, 5.41) is 11.8. The fraction of sp³-hybridized carbons (Fsp3) is 0.488. The van der Waals surface area contributed by atoms with Crippen LogP contribution in [0.15, 0.2) is 77.1 Å². The SMILES string of the molecule is CCCC(C(=O)NC=O)c1ccc(OCC(=O)N2CCN(CCCCNC(=O)c3ccc(NC4=NC5C(=CN4)C=C(C(=O)N(C)C)N5C4CCCC4)cc3)CC2)cc1. The number of piperazine rings is 1. The molecule has 4 aliphatic rings. The Labute approximate surface area is 340 Å². The van der Waals surface area contributed by atoms with Crippen molar-refractivity contribution < 1.29 is 28.7 Å². The van der Waals surface area contributed by atoms with Crippen molar-refractivity contribution in [1.29, 1.82) is 0 Å². The van der Waals surface area contributed by atoms with Crippen molar-refractivity contribution in [3.63, 3.8) is 0 Å². The Kier molecular flexibility index (Phi) is 14.5. The van der Waals surface area contributed by atoms with Crippen LogP contribution in [0, 0.1) is 0 Å². The molecule has 0 spiro atoms. The summed E-state index contributed by atoms with van der Waals surface area (Å²) in [6.07, 6.45) is 11.6. The summed E-state index contributed by atoms with van der Waals surface area (Å²) in [7, 11) is 3.55. The lowest BCUT2D eigenvalue weighted by molar-refractivity contribution is -0.135. The lowest BCUT2D eigenvalue weighted by Crippen LogP contribution is -2.50. The first-order valence-corrected chi connectivity index (χ1v) is 20.5. The van der Waals surface area contributed by atoms with Gasteiger partial charge in [-0.25, -0.2) is 4.99 Å². The number of likely N-dealkylation sites (N-methyl/N-ethyl adjacent to an activating group) is 1. The fourth-order valence-electron chi connectivity index (χ4n) is 7.97. The number of fused-ring (bicyclic) bond motifs is 1. The molecule has 2 aromatic carbocycles. The van der Waals surface area contributed by atoms with Crippen LogP contribution in [-0.2, 0) is 19.2 Å². The summed E-state index contributed by atoms with van der Waals surface area (Å²) in [5.74, 6) is 0.179. The number of hydrogen-bond acceptors (Lipinski definition) is 11. The quantitative estimate of drug-likeness (QED) is 0.138. The maximum absolute atomic E-state index is 13.1. The molecule has 15 nitrogen and oxygen atoms in total. The van der Waals surface area contributed by atoms with Gasteiger partial charge >= 0.3 is 0 Å². The van der Waals surface area contributed by atoms with Crippen LogP contribution >= 0.6 is 0 Å². The van der Waals surface area contributed by atoms with Crippen LogP contribution in [0.3, 0.4) is 0 Å². The molecule has 2 unspecified atom stereocenters. The Morgan fingerprint density at radius 2 is 1.71 bits per heavy atom. The molecule has 15 heteroatoms. The summed E-state index contributed by atoms with van der Waals surface area (Å²) in [4.78, 5) is 74.7. The third kappa shape index (κ3) is 10.6. The zero-order chi connectivity index (χ0) is 41.0. The van der Waals surface area contributed by atoms with E-state index in [1.807, 2.05) is 36.2 Å². The smallest absolute Gasteiger partial charge is 0.269 e. The Morgan fingerprint density at radius 1 is 0.983 bits per heavy atom. The van der Waals surface area contributed by atoms with Crippen LogP contribution < -0.4 is 26.0 Å². The van der Waals surface area contributed by atoms with E-state index in [9.17, 15) is 24.0 Å². The second kappa shape index (κ2) is 20.1. The van der Waals surface area contributed by atoms with Crippen molar-refractivity contribution in [2.45, 2.75) is 76.4 Å². The van der Waals surface area contributed by atoms with E-state index in [2.05, 4.69) is 31.1 Å². The highest BCUT2D eigenvalue weighted by atomic mass is 16.5. The number of carbonyl (C=O) groups excluding carboxylic acids is 5. The first-order chi connectivity index (χ1) is 28.1. The lowest BCUT2D eigenvalue weighted by Gasteiger charge is -2.35. The Hall–Kier alpha value is -5.70. The van der Waals surface area contributed by atoms with Crippen LogP contribution in [0.1, 0.15) is 80.1 Å².